The summed E-state index contributed by atoms with van der Waals surface area (Å²) in [7, 11) is 1.70. The molecule has 2 N–H and O–H groups in total. The molecule has 0 spiro atoms. The molecule has 0 radical (unpaired) electrons. The van der Waals surface area contributed by atoms with Crippen molar-refractivity contribution < 1.29 is 4.79 Å². The Hall–Kier alpha value is -2.40. The Bertz CT molecular complexity index is 604. The van der Waals surface area contributed by atoms with Gasteiger partial charge in [0.05, 0.1) is 12.6 Å². The number of aromatic nitrogens is 2. The van der Waals surface area contributed by atoms with E-state index in [1.54, 1.807) is 13.2 Å². The topological polar surface area (TPSA) is 97.2 Å². The Morgan fingerprint density at radius 2 is 2.27 bits per heavy atom. The van der Waals surface area contributed by atoms with E-state index in [2.05, 4.69) is 31.6 Å². The maximum absolute atomic E-state index is 11.7. The lowest BCUT2D eigenvalue weighted by molar-refractivity contribution is 0.242. The van der Waals surface area contributed by atoms with Gasteiger partial charge in [-0.3, -0.25) is 9.80 Å². The molecule has 2 aliphatic heterocycles. The summed E-state index contributed by atoms with van der Waals surface area (Å²) < 4.78 is 0. The van der Waals surface area contributed by atoms with Crippen LogP contribution in [0.5, 0.6) is 0 Å². The Morgan fingerprint density at radius 3 is 3.00 bits per heavy atom. The van der Waals surface area contributed by atoms with Gasteiger partial charge in [0.15, 0.2) is 0 Å². The monoisotopic (exact) mass is 301 g/mol. The van der Waals surface area contributed by atoms with E-state index in [0.29, 0.717) is 30.9 Å². The zero-order valence-corrected chi connectivity index (χ0v) is 12.5. The van der Waals surface area contributed by atoms with Gasteiger partial charge in [0, 0.05) is 44.5 Å². The van der Waals surface area contributed by atoms with Gasteiger partial charge in [-0.15, -0.1) is 0 Å². The van der Waals surface area contributed by atoms with E-state index in [4.69, 9.17) is 5.26 Å². The molecule has 1 aromatic heterocycles. The van der Waals surface area contributed by atoms with Crippen LogP contribution in [0.3, 0.4) is 0 Å². The number of fused-ring (bicyclic) bond motifs is 1. The summed E-state index contributed by atoms with van der Waals surface area (Å²) in [5.41, 5.74) is 0.913. The number of anilines is 2. The molecule has 0 saturated carbocycles. The highest BCUT2D eigenvalue weighted by molar-refractivity contribution is 5.93. The molecule has 0 atom stereocenters. The number of rotatable bonds is 3. The minimum absolute atomic E-state index is 0.151. The molecular weight excluding hydrogens is 282 g/mol. The number of nitrogens with zero attached hydrogens (tertiary/aromatic N) is 5. The first-order valence-corrected chi connectivity index (χ1v) is 7.40. The Kier molecular flexibility index (Phi) is 4.06. The lowest BCUT2D eigenvalue weighted by atomic mass is 10.1. The lowest BCUT2D eigenvalue weighted by Gasteiger charge is -2.31. The van der Waals surface area contributed by atoms with Crippen LogP contribution in [0.25, 0.3) is 0 Å². The molecule has 0 aromatic carbocycles. The molecule has 3 rings (SSSR count). The van der Waals surface area contributed by atoms with Crippen LogP contribution >= 0.6 is 0 Å². The zero-order chi connectivity index (χ0) is 15.5. The van der Waals surface area contributed by atoms with Crippen LogP contribution in [-0.4, -0.2) is 53.6 Å². The van der Waals surface area contributed by atoms with Gasteiger partial charge in [0.1, 0.15) is 5.82 Å². The minimum atomic E-state index is -0.151. The predicted octanol–water partition coefficient (Wildman–Crippen LogP) is 0.536. The fraction of sp³-hybridized carbons (Fsp3) is 0.571. The first kappa shape index (κ1) is 14.5. The van der Waals surface area contributed by atoms with Crippen LogP contribution in [0, 0.1) is 11.3 Å². The molecular formula is C14H19N7O. The van der Waals surface area contributed by atoms with E-state index < -0.39 is 0 Å². The van der Waals surface area contributed by atoms with Gasteiger partial charge in [-0.1, -0.05) is 0 Å². The Labute approximate surface area is 129 Å². The average Bonchev–Trinajstić information content (AvgIpc) is 2.54. The summed E-state index contributed by atoms with van der Waals surface area (Å²) in [6.07, 6.45) is 3.67. The van der Waals surface area contributed by atoms with Crippen LogP contribution in [-0.2, 0) is 6.54 Å². The molecule has 8 nitrogen and oxygen atoms in total. The SMILES string of the molecule is CN1C(=O)NCc2cnc(NC3CCN(CC#N)CC3)nc21. The third-order valence-corrected chi connectivity index (χ3v) is 4.11. The van der Waals surface area contributed by atoms with Gasteiger partial charge >= 0.3 is 6.03 Å². The van der Waals surface area contributed by atoms with E-state index in [0.717, 1.165) is 31.5 Å². The highest BCUT2D eigenvalue weighted by Gasteiger charge is 2.24. The summed E-state index contributed by atoms with van der Waals surface area (Å²) in [5, 5.41) is 14.8. The predicted molar refractivity (Wildman–Crippen MR) is 81.4 cm³/mol. The summed E-state index contributed by atoms with van der Waals surface area (Å²) in [5.74, 6) is 1.21. The van der Waals surface area contributed by atoms with Crippen LogP contribution in [0.1, 0.15) is 18.4 Å². The maximum Gasteiger partial charge on any atom is 0.323 e. The van der Waals surface area contributed by atoms with E-state index in [-0.39, 0.29) is 6.03 Å². The number of nitrogens with one attached hydrogen (secondary N) is 2. The molecule has 0 unspecified atom stereocenters. The van der Waals surface area contributed by atoms with Crippen molar-refractivity contribution in [1.82, 2.24) is 20.2 Å². The number of piperidine rings is 1. The highest BCUT2D eigenvalue weighted by Crippen LogP contribution is 2.22. The number of hydrogen-bond acceptors (Lipinski definition) is 6. The third-order valence-electron chi connectivity index (χ3n) is 4.11. The summed E-state index contributed by atoms with van der Waals surface area (Å²) in [6.45, 7) is 2.75. The van der Waals surface area contributed by atoms with Crippen molar-refractivity contribution in [2.24, 2.45) is 0 Å². The number of nitriles is 1. The van der Waals surface area contributed by atoms with Crippen LogP contribution < -0.4 is 15.5 Å². The van der Waals surface area contributed by atoms with Gasteiger partial charge in [0.2, 0.25) is 5.95 Å². The second-order valence-corrected chi connectivity index (χ2v) is 5.61. The Balaban J connectivity index is 1.65. The molecule has 2 aliphatic rings. The van der Waals surface area contributed by atoms with Crippen molar-refractivity contribution in [3.8, 4) is 6.07 Å². The molecule has 2 amide bonds. The molecule has 116 valence electrons. The molecule has 0 bridgehead atoms. The first-order chi connectivity index (χ1) is 10.7. The standard InChI is InChI=1S/C14H19N7O/c1-20-12-10(9-17-14(20)22)8-16-13(19-12)18-11-2-5-21(6-3-11)7-4-15/h8,11H,2-3,5-7,9H2,1H3,(H,17,22)(H,16,18,19). The van der Waals surface area contributed by atoms with Crippen LogP contribution in [0.15, 0.2) is 6.20 Å². The summed E-state index contributed by atoms with van der Waals surface area (Å²) in [4.78, 5) is 24.1. The van der Waals surface area contributed by atoms with Gasteiger partial charge in [-0.05, 0) is 12.8 Å². The second-order valence-electron chi connectivity index (χ2n) is 5.61. The van der Waals surface area contributed by atoms with E-state index in [1.807, 2.05) is 0 Å². The number of likely N-dealkylation sites (tertiary alicyclic amines) is 1. The third kappa shape index (κ3) is 2.94. The molecule has 22 heavy (non-hydrogen) atoms. The maximum atomic E-state index is 11.7. The van der Waals surface area contributed by atoms with Crippen molar-refractivity contribution >= 4 is 17.8 Å². The fourth-order valence-corrected chi connectivity index (χ4v) is 2.79. The van der Waals surface area contributed by atoms with Crippen LogP contribution in [0.2, 0.25) is 0 Å². The number of carbonyl (C=O) groups is 1. The molecule has 8 heteroatoms. The van der Waals surface area contributed by atoms with Crippen LogP contribution in [0.4, 0.5) is 16.6 Å². The second kappa shape index (κ2) is 6.15. The molecule has 1 saturated heterocycles. The van der Waals surface area contributed by atoms with E-state index in [1.165, 1.54) is 4.90 Å². The quantitative estimate of drug-likeness (QED) is 0.791. The van der Waals surface area contributed by atoms with E-state index >= 15 is 0 Å². The lowest BCUT2D eigenvalue weighted by Crippen LogP contribution is -2.42. The fourth-order valence-electron chi connectivity index (χ4n) is 2.79. The van der Waals surface area contributed by atoms with Gasteiger partial charge in [-0.2, -0.15) is 10.2 Å². The number of hydrogen-bond donors (Lipinski definition) is 2. The smallest absolute Gasteiger partial charge is 0.323 e. The first-order valence-electron chi connectivity index (χ1n) is 7.40. The van der Waals surface area contributed by atoms with Crippen molar-refractivity contribution in [2.75, 3.05) is 36.9 Å². The van der Waals surface area contributed by atoms with Crippen molar-refractivity contribution in [2.45, 2.75) is 25.4 Å². The largest absolute Gasteiger partial charge is 0.351 e. The normalized spacial score (nSPS) is 19.3. The summed E-state index contributed by atoms with van der Waals surface area (Å²) in [6, 6.07) is 2.33. The van der Waals surface area contributed by atoms with Crippen molar-refractivity contribution in [1.29, 1.82) is 5.26 Å². The highest BCUT2D eigenvalue weighted by atomic mass is 16.2. The average molecular weight is 301 g/mol. The van der Waals surface area contributed by atoms with Gasteiger partial charge < -0.3 is 10.6 Å². The number of carbonyl (C=O) groups excluding carboxylic acids is 1. The molecule has 0 aliphatic carbocycles. The number of amides is 2. The molecule has 1 fully saturated rings. The Morgan fingerprint density at radius 1 is 1.50 bits per heavy atom. The van der Waals surface area contributed by atoms with Gasteiger partial charge in [-0.25, -0.2) is 9.78 Å². The van der Waals surface area contributed by atoms with Gasteiger partial charge in [0.25, 0.3) is 0 Å². The molecule has 1 aromatic rings. The zero-order valence-electron chi connectivity index (χ0n) is 12.5. The number of urea groups is 1. The van der Waals surface area contributed by atoms with Crippen molar-refractivity contribution in [3.63, 3.8) is 0 Å². The summed E-state index contributed by atoms with van der Waals surface area (Å²) >= 11 is 0. The minimum Gasteiger partial charge on any atom is -0.351 e. The van der Waals surface area contributed by atoms with Crippen molar-refractivity contribution in [3.05, 3.63) is 11.8 Å². The molecule has 3 heterocycles. The van der Waals surface area contributed by atoms with E-state index in [9.17, 15) is 4.79 Å².